The molecule has 11 N–H and O–H groups in total. The van der Waals surface area contributed by atoms with E-state index in [1.807, 2.05) is 0 Å². The molecule has 29 heteroatoms. The molecule has 0 spiro atoms. The number of aliphatic hydroxyl groups excluding tert-OH is 3. The van der Waals surface area contributed by atoms with Crippen LogP contribution >= 0.6 is 35.2 Å². The number of rotatable bonds is 36. The molecule has 400 valence electrons. The van der Waals surface area contributed by atoms with Crippen LogP contribution < -0.4 is 16.4 Å². The van der Waals surface area contributed by atoms with Crippen LogP contribution in [0.2, 0.25) is 0 Å². The quantitative estimate of drug-likeness (QED) is 0.0256. The normalized spacial score (nSPS) is 20.3. The predicted octanol–water partition coefficient (Wildman–Crippen LogP) is 4.45. The third-order valence-electron chi connectivity index (χ3n) is 11.0. The van der Waals surface area contributed by atoms with Crippen molar-refractivity contribution in [2.75, 3.05) is 37.8 Å². The van der Waals surface area contributed by atoms with Gasteiger partial charge in [-0.3, -0.25) is 32.5 Å². The molecular weight excluding hydrogens is 1000 g/mol. The Morgan fingerprint density at radius 2 is 1.53 bits per heavy atom. The molecule has 1 aliphatic rings. The van der Waals surface area contributed by atoms with E-state index in [0.717, 1.165) is 73.9 Å². The zero-order chi connectivity index (χ0) is 52.0. The number of aromatic nitrogens is 4. The number of fused-ring (bicyclic) bond motifs is 1. The highest BCUT2D eigenvalue weighted by Crippen LogP contribution is 2.61. The molecule has 0 saturated carbocycles. The summed E-state index contributed by atoms with van der Waals surface area (Å²) in [5.41, 5.74) is 4.26. The molecule has 3 rings (SSSR count). The molecule has 70 heavy (non-hydrogen) atoms. The van der Waals surface area contributed by atoms with E-state index >= 15 is 0 Å². The standard InChI is InChI=1S/C41H72N7O18P3S/c1-4-5-6-7-8-9-10-11-12-13-14-15-16-17-18-19-29(49)24-32(51)70-23-22-43-31(50)20-21-44-39(54)36(53)41(2,3)26-63-69(60,61)66-68(58,59)62-25-30-35(65-67(55,56)57)34(52)40(64-30)48-28-47-33-37(42)45-27-46-38(33)48/h11-12,27-30,34-36,40,49,52-53H,4-10,13-26H2,1-3H3,(H,43,50)(H,44,54)(H,58,59)(H,60,61)(H2,42,45,46)(H2,55,56,57)/b12-11-/t29-,30-,34-,35-,36+,40-/m1/s1. The summed E-state index contributed by atoms with van der Waals surface area (Å²) < 4.78 is 62.4. The summed E-state index contributed by atoms with van der Waals surface area (Å²) in [5, 5.41) is 36.6. The van der Waals surface area contributed by atoms with Crippen molar-refractivity contribution < 1.29 is 85.6 Å². The maximum atomic E-state index is 12.8. The van der Waals surface area contributed by atoms with Crippen LogP contribution in [0.3, 0.4) is 0 Å². The largest absolute Gasteiger partial charge is 0.481 e. The average Bonchev–Trinajstić information content (AvgIpc) is 3.84. The van der Waals surface area contributed by atoms with Gasteiger partial charge in [-0.2, -0.15) is 4.31 Å². The smallest absolute Gasteiger partial charge is 0.393 e. The van der Waals surface area contributed by atoms with Gasteiger partial charge in [0.1, 0.15) is 36.3 Å². The molecule has 0 aromatic carbocycles. The number of phosphoric ester groups is 3. The fraction of sp³-hybridized carbons (Fsp3) is 0.756. The van der Waals surface area contributed by atoms with E-state index in [9.17, 15) is 63.0 Å². The summed E-state index contributed by atoms with van der Waals surface area (Å²) in [6, 6.07) is 0. The van der Waals surface area contributed by atoms with Crippen LogP contribution in [0.25, 0.3) is 11.2 Å². The minimum absolute atomic E-state index is 0.0178. The third-order valence-corrected chi connectivity index (χ3v) is 15.0. The highest BCUT2D eigenvalue weighted by molar-refractivity contribution is 8.13. The zero-order valence-electron chi connectivity index (χ0n) is 39.9. The molecule has 2 aromatic rings. The summed E-state index contributed by atoms with van der Waals surface area (Å²) >= 11 is 0.996. The molecular formula is C41H72N7O18P3S. The van der Waals surface area contributed by atoms with Gasteiger partial charge in [0, 0.05) is 37.1 Å². The van der Waals surface area contributed by atoms with Gasteiger partial charge in [0.05, 0.1) is 25.6 Å². The predicted molar refractivity (Wildman–Crippen MR) is 257 cm³/mol. The van der Waals surface area contributed by atoms with Gasteiger partial charge in [0.25, 0.3) is 0 Å². The lowest BCUT2D eigenvalue weighted by atomic mass is 9.87. The number of thioether (sulfide) groups is 1. The van der Waals surface area contributed by atoms with E-state index in [1.54, 1.807) is 0 Å². The highest BCUT2D eigenvalue weighted by Gasteiger charge is 2.50. The Kier molecular flexibility index (Phi) is 26.8. The lowest BCUT2D eigenvalue weighted by Crippen LogP contribution is -2.46. The fourth-order valence-corrected chi connectivity index (χ4v) is 10.7. The number of carbonyl (C=O) groups excluding carboxylic acids is 3. The summed E-state index contributed by atoms with van der Waals surface area (Å²) in [7, 11) is -16.4. The first-order valence-corrected chi connectivity index (χ1v) is 28.8. The number of nitrogens with one attached hydrogen (secondary N) is 2. The Balaban J connectivity index is 1.29. The Morgan fingerprint density at radius 1 is 0.900 bits per heavy atom. The van der Waals surface area contributed by atoms with Crippen LogP contribution in [-0.4, -0.2) is 134 Å². The van der Waals surface area contributed by atoms with Gasteiger partial charge in [-0.05, 0) is 32.1 Å². The number of nitrogen functional groups attached to an aromatic ring is 1. The second-order valence-corrected chi connectivity index (χ2v) is 22.9. The number of imidazole rings is 1. The summed E-state index contributed by atoms with van der Waals surface area (Å²) in [4.78, 5) is 88.5. The maximum Gasteiger partial charge on any atom is 0.481 e. The van der Waals surface area contributed by atoms with Crippen molar-refractivity contribution in [1.82, 2.24) is 30.2 Å². The Morgan fingerprint density at radius 3 is 2.19 bits per heavy atom. The lowest BCUT2D eigenvalue weighted by molar-refractivity contribution is -0.137. The van der Waals surface area contributed by atoms with Gasteiger partial charge in [-0.1, -0.05) is 102 Å². The Bertz CT molecular complexity index is 2120. The molecule has 1 fully saturated rings. The average molecular weight is 1080 g/mol. The molecule has 25 nitrogen and oxygen atoms in total. The zero-order valence-corrected chi connectivity index (χ0v) is 43.4. The van der Waals surface area contributed by atoms with Crippen LogP contribution in [0.1, 0.15) is 130 Å². The number of phosphoric acid groups is 3. The van der Waals surface area contributed by atoms with E-state index < -0.39 is 90.7 Å². The number of anilines is 1. The van der Waals surface area contributed by atoms with Crippen molar-refractivity contribution in [2.24, 2.45) is 5.41 Å². The van der Waals surface area contributed by atoms with Gasteiger partial charge >= 0.3 is 23.5 Å². The van der Waals surface area contributed by atoms with Crippen molar-refractivity contribution in [3.63, 3.8) is 0 Å². The molecule has 0 aliphatic carbocycles. The topological polar surface area (TPSA) is 384 Å². The van der Waals surface area contributed by atoms with E-state index in [4.69, 9.17) is 19.5 Å². The van der Waals surface area contributed by atoms with Gasteiger partial charge in [0.2, 0.25) is 11.8 Å². The van der Waals surface area contributed by atoms with E-state index in [1.165, 1.54) is 52.4 Å². The number of hydrogen-bond acceptors (Lipinski definition) is 19. The monoisotopic (exact) mass is 1080 g/mol. The molecule has 0 bridgehead atoms. The Labute approximate surface area is 411 Å². The molecule has 3 heterocycles. The van der Waals surface area contributed by atoms with E-state index in [2.05, 4.69) is 53.5 Å². The first-order chi connectivity index (χ1) is 32.9. The van der Waals surface area contributed by atoms with Crippen LogP contribution in [-0.2, 0) is 50.7 Å². The van der Waals surface area contributed by atoms with Crippen LogP contribution in [0.4, 0.5) is 5.82 Å². The second-order valence-electron chi connectivity index (χ2n) is 17.5. The molecule has 2 amide bonds. The summed E-state index contributed by atoms with van der Waals surface area (Å²) in [6.07, 6.45) is 12.7. The van der Waals surface area contributed by atoms with Crippen LogP contribution in [0.15, 0.2) is 24.8 Å². The van der Waals surface area contributed by atoms with E-state index in [-0.39, 0.29) is 53.8 Å². The van der Waals surface area contributed by atoms with Gasteiger partial charge in [-0.15, -0.1) is 0 Å². The molecule has 1 aliphatic heterocycles. The van der Waals surface area contributed by atoms with Gasteiger partial charge < -0.3 is 56.0 Å². The molecule has 2 aromatic heterocycles. The molecule has 2 unspecified atom stereocenters. The SMILES string of the molecule is CCCCCCCC/C=C\CCCCCCC[C@@H](O)CC(=O)SCCNC(=O)CCNC(=O)[C@H](O)C(C)(C)COP(=O)(O)OP(=O)(O)OC[C@H]1O[C@@H](n2cnc3c(N)ncnc32)[C@H](O)[C@@H]1OP(=O)(O)O. The number of unbranched alkanes of at least 4 members (excludes halogenated alkanes) is 11. The van der Waals surface area contributed by atoms with Crippen molar-refractivity contribution >= 4 is 69.1 Å². The third kappa shape index (κ3) is 23.0. The number of nitrogens with zero attached hydrogens (tertiary/aromatic N) is 4. The number of allylic oxidation sites excluding steroid dienone is 2. The number of nitrogens with two attached hydrogens (primary N) is 1. The van der Waals surface area contributed by atoms with E-state index in [0.29, 0.717) is 6.42 Å². The maximum absolute atomic E-state index is 12.8. The van der Waals surface area contributed by atoms with Gasteiger partial charge in [0.15, 0.2) is 22.8 Å². The number of aliphatic hydroxyl groups is 3. The number of hydrogen-bond donors (Lipinski definition) is 10. The summed E-state index contributed by atoms with van der Waals surface area (Å²) in [6.45, 7) is 2.62. The molecule has 8 atom stereocenters. The first kappa shape index (κ1) is 61.6. The van der Waals surface area contributed by atoms with Crippen LogP contribution in [0.5, 0.6) is 0 Å². The minimum Gasteiger partial charge on any atom is -0.393 e. The number of carbonyl (C=O) groups is 3. The van der Waals surface area contributed by atoms with Crippen molar-refractivity contribution in [3.05, 3.63) is 24.8 Å². The molecule has 1 saturated heterocycles. The van der Waals surface area contributed by atoms with Crippen molar-refractivity contribution in [3.8, 4) is 0 Å². The highest BCUT2D eigenvalue weighted by atomic mass is 32.2. The fourth-order valence-electron chi connectivity index (χ4n) is 7.10. The first-order valence-electron chi connectivity index (χ1n) is 23.3. The summed E-state index contributed by atoms with van der Waals surface area (Å²) in [5.74, 6) is -1.23. The molecule has 0 radical (unpaired) electrons. The second kappa shape index (κ2) is 30.5. The lowest BCUT2D eigenvalue weighted by Gasteiger charge is -2.30. The minimum atomic E-state index is -5.59. The number of ether oxygens (including phenoxy) is 1. The van der Waals surface area contributed by atoms with Crippen LogP contribution in [0, 0.1) is 5.41 Å². The van der Waals surface area contributed by atoms with Gasteiger partial charge in [-0.25, -0.2) is 28.6 Å². The van der Waals surface area contributed by atoms with Crippen molar-refractivity contribution in [1.29, 1.82) is 0 Å². The van der Waals surface area contributed by atoms with Crippen molar-refractivity contribution in [2.45, 2.75) is 160 Å². The number of amides is 2. The Hall–Kier alpha value is -2.74.